The van der Waals surface area contributed by atoms with E-state index in [0.29, 0.717) is 52.6 Å². The lowest BCUT2D eigenvalue weighted by Crippen LogP contribution is -2.58. The van der Waals surface area contributed by atoms with Crippen molar-refractivity contribution in [3.63, 3.8) is 0 Å². The van der Waals surface area contributed by atoms with Gasteiger partial charge in [0.05, 0.1) is 10.5 Å². The van der Waals surface area contributed by atoms with Crippen molar-refractivity contribution in [2.24, 2.45) is 0 Å². The number of amides is 1. The number of anilines is 1. The molecule has 1 saturated heterocycles. The molecule has 3 heterocycles. The first-order chi connectivity index (χ1) is 19.1. The predicted octanol–water partition coefficient (Wildman–Crippen LogP) is 5.08. The molecule has 11 heteroatoms. The fourth-order valence-electron chi connectivity index (χ4n) is 5.82. The highest BCUT2D eigenvalue weighted by Gasteiger charge is 2.35. The molecule has 0 saturated carbocycles. The van der Waals surface area contributed by atoms with E-state index in [1.165, 1.54) is 30.0 Å². The van der Waals surface area contributed by atoms with E-state index in [1.54, 1.807) is 15.5 Å². The molecule has 212 valence electrons. The molecule has 0 bridgehead atoms. The lowest BCUT2D eigenvalue weighted by atomic mass is 10.0. The maximum atomic E-state index is 15.1. The van der Waals surface area contributed by atoms with Gasteiger partial charge in [-0.1, -0.05) is 25.1 Å². The Balaban J connectivity index is 1.72. The molecular weight excluding hydrogens is 556 g/mol. The lowest BCUT2D eigenvalue weighted by molar-refractivity contribution is -0.130. The van der Waals surface area contributed by atoms with E-state index < -0.39 is 17.3 Å². The average Bonchev–Trinajstić information content (AvgIpc) is 3.10. The highest BCUT2D eigenvalue weighted by molar-refractivity contribution is 7.99. The minimum atomic E-state index is -0.725. The minimum absolute atomic E-state index is 0.0240. The van der Waals surface area contributed by atoms with Crippen LogP contribution < -0.4 is 15.9 Å². The molecule has 3 atom stereocenters. The van der Waals surface area contributed by atoms with Crippen LogP contribution in [-0.2, 0) is 11.3 Å². The van der Waals surface area contributed by atoms with E-state index in [2.05, 4.69) is 23.8 Å². The second-order valence-corrected chi connectivity index (χ2v) is 11.9. The number of carbonyl (C=O) groups is 1. The molecule has 3 aromatic rings. The van der Waals surface area contributed by atoms with Gasteiger partial charge >= 0.3 is 5.69 Å². The van der Waals surface area contributed by atoms with Crippen molar-refractivity contribution < 1.29 is 13.6 Å². The van der Waals surface area contributed by atoms with Gasteiger partial charge in [0, 0.05) is 71.0 Å². The third-order valence-electron chi connectivity index (χ3n) is 7.51. The van der Waals surface area contributed by atoms with E-state index in [9.17, 15) is 14.0 Å². The Labute approximate surface area is 241 Å². The summed E-state index contributed by atoms with van der Waals surface area (Å²) in [7, 11) is 0. The lowest BCUT2D eigenvalue weighted by Gasteiger charge is -2.44. The van der Waals surface area contributed by atoms with Crippen molar-refractivity contribution >= 4 is 46.0 Å². The van der Waals surface area contributed by atoms with E-state index in [1.807, 2.05) is 18.7 Å². The number of hydrogen-bond acceptors (Lipinski definition) is 6. The van der Waals surface area contributed by atoms with Crippen LogP contribution in [0.3, 0.4) is 0 Å². The molecule has 5 rings (SSSR count). The van der Waals surface area contributed by atoms with Gasteiger partial charge in [0.2, 0.25) is 5.91 Å². The first-order valence-corrected chi connectivity index (χ1v) is 14.8. The van der Waals surface area contributed by atoms with Crippen LogP contribution >= 0.6 is 23.4 Å². The smallest absolute Gasteiger partial charge is 0.350 e. The molecule has 1 fully saturated rings. The number of thioether (sulfide) groups is 1. The maximum Gasteiger partial charge on any atom is 0.350 e. The van der Waals surface area contributed by atoms with Crippen LogP contribution in [0.4, 0.5) is 14.6 Å². The van der Waals surface area contributed by atoms with Crippen molar-refractivity contribution in [3.05, 3.63) is 64.1 Å². The van der Waals surface area contributed by atoms with Gasteiger partial charge in [0.1, 0.15) is 17.5 Å². The van der Waals surface area contributed by atoms with E-state index >= 15 is 4.39 Å². The number of aromatic nitrogens is 2. The average molecular weight is 588 g/mol. The van der Waals surface area contributed by atoms with Crippen LogP contribution in [0.15, 0.2) is 46.6 Å². The van der Waals surface area contributed by atoms with Crippen molar-refractivity contribution in [2.75, 3.05) is 30.3 Å². The Morgan fingerprint density at radius 2 is 1.95 bits per heavy atom. The number of nitrogens with zero attached hydrogens (tertiary/aromatic N) is 4. The summed E-state index contributed by atoms with van der Waals surface area (Å²) in [5.74, 6) is -0.441. The quantitative estimate of drug-likeness (QED) is 0.406. The second-order valence-electron chi connectivity index (χ2n) is 10.4. The second kappa shape index (κ2) is 11.5. The summed E-state index contributed by atoms with van der Waals surface area (Å²) in [6, 6.07) is 4.84. The Kier molecular flexibility index (Phi) is 8.22. The van der Waals surface area contributed by atoms with Gasteiger partial charge in [-0.05, 0) is 51.1 Å². The fraction of sp³-hybridized carbons (Fsp3) is 0.414. The standard InChI is InChI=1S/C29H32ClF2N5O2S/c1-5-9-33-19-14-36-26-21(11-22(30)25(27(26)40-15-19)20-8-7-18(31)10-23(20)32)28(34-29(36)39)35-12-16(3)37(17(4)13-35)24(38)6-2/h6-8,10-11,16-17,19,33H,2,5,9,12-15H2,1,3-4H3/t16-,17+,19?. The normalized spacial score (nSPS) is 21.0. The number of halogens is 3. The summed E-state index contributed by atoms with van der Waals surface area (Å²) in [5, 5.41) is 4.46. The highest BCUT2D eigenvalue weighted by Crippen LogP contribution is 2.46. The Hall–Kier alpha value is -2.95. The summed E-state index contributed by atoms with van der Waals surface area (Å²) in [6.45, 7) is 11.7. The number of nitrogens with one attached hydrogen (secondary N) is 1. The van der Waals surface area contributed by atoms with Gasteiger partial charge in [-0.25, -0.2) is 13.6 Å². The number of piperazine rings is 1. The van der Waals surface area contributed by atoms with Gasteiger partial charge in [-0.15, -0.1) is 11.8 Å². The summed E-state index contributed by atoms with van der Waals surface area (Å²) >= 11 is 8.39. The summed E-state index contributed by atoms with van der Waals surface area (Å²) in [6.07, 6.45) is 2.25. The van der Waals surface area contributed by atoms with Crippen LogP contribution in [0.1, 0.15) is 27.2 Å². The molecule has 40 heavy (non-hydrogen) atoms. The monoisotopic (exact) mass is 587 g/mol. The molecule has 2 aliphatic rings. The largest absolute Gasteiger partial charge is 0.352 e. The maximum absolute atomic E-state index is 15.1. The van der Waals surface area contributed by atoms with Gasteiger partial charge in [0.15, 0.2) is 0 Å². The van der Waals surface area contributed by atoms with Gasteiger partial charge < -0.3 is 15.1 Å². The molecule has 2 aliphatic heterocycles. The summed E-state index contributed by atoms with van der Waals surface area (Å²) in [4.78, 5) is 35.2. The molecule has 1 unspecified atom stereocenters. The molecule has 7 nitrogen and oxygen atoms in total. The fourth-order valence-corrected chi connectivity index (χ4v) is 7.49. The van der Waals surface area contributed by atoms with Crippen LogP contribution in [-0.4, -0.2) is 63.9 Å². The molecule has 1 N–H and O–H groups in total. The van der Waals surface area contributed by atoms with E-state index in [4.69, 9.17) is 11.6 Å². The summed E-state index contributed by atoms with van der Waals surface area (Å²) < 4.78 is 30.6. The zero-order chi connectivity index (χ0) is 28.7. The number of carbonyl (C=O) groups excluding carboxylic acids is 1. The molecule has 2 aromatic carbocycles. The zero-order valence-corrected chi connectivity index (χ0v) is 24.3. The van der Waals surface area contributed by atoms with E-state index in [-0.39, 0.29) is 34.6 Å². The number of rotatable bonds is 6. The van der Waals surface area contributed by atoms with Crippen LogP contribution in [0.5, 0.6) is 0 Å². The van der Waals surface area contributed by atoms with E-state index in [0.717, 1.165) is 19.0 Å². The summed E-state index contributed by atoms with van der Waals surface area (Å²) in [5.41, 5.74) is 0.828. The molecule has 0 aliphatic carbocycles. The predicted molar refractivity (Wildman–Crippen MR) is 157 cm³/mol. The van der Waals surface area contributed by atoms with Crippen molar-refractivity contribution in [2.45, 2.75) is 56.8 Å². The SMILES string of the molecule is C=CC(=O)N1[C@H](C)CN(c2nc(=O)n3c4c(c(-c5ccc(F)cc5F)c(Cl)cc24)SCC(NCCC)C3)C[C@@H]1C. The number of hydrogen-bond donors (Lipinski definition) is 1. The van der Waals surface area contributed by atoms with Crippen molar-refractivity contribution in [3.8, 4) is 11.1 Å². The Morgan fingerprint density at radius 3 is 2.60 bits per heavy atom. The van der Waals surface area contributed by atoms with Crippen LogP contribution in [0, 0.1) is 11.6 Å². The first-order valence-electron chi connectivity index (χ1n) is 13.4. The zero-order valence-electron chi connectivity index (χ0n) is 22.7. The van der Waals surface area contributed by atoms with Crippen LogP contribution in [0.25, 0.3) is 22.0 Å². The number of benzene rings is 2. The third kappa shape index (κ3) is 5.12. The Bertz CT molecular complexity index is 1540. The molecular formula is C29H32ClF2N5O2S. The Morgan fingerprint density at radius 1 is 1.23 bits per heavy atom. The first kappa shape index (κ1) is 28.6. The van der Waals surface area contributed by atoms with Gasteiger partial charge in [-0.3, -0.25) is 9.36 Å². The highest BCUT2D eigenvalue weighted by atomic mass is 35.5. The molecule has 0 spiro atoms. The minimum Gasteiger partial charge on any atom is -0.352 e. The van der Waals surface area contributed by atoms with Crippen molar-refractivity contribution in [1.82, 2.24) is 19.8 Å². The van der Waals surface area contributed by atoms with Gasteiger partial charge in [0.25, 0.3) is 0 Å². The third-order valence-corrected chi connectivity index (χ3v) is 9.07. The molecule has 1 aromatic heterocycles. The topological polar surface area (TPSA) is 70.5 Å². The van der Waals surface area contributed by atoms with Gasteiger partial charge in [-0.2, -0.15) is 4.98 Å². The van der Waals surface area contributed by atoms with Crippen molar-refractivity contribution in [1.29, 1.82) is 0 Å². The molecule has 0 radical (unpaired) electrons. The van der Waals surface area contributed by atoms with Crippen LogP contribution in [0.2, 0.25) is 5.02 Å². The molecule has 1 amide bonds.